The Kier molecular flexibility index (Phi) is 5.42. The molecule has 140 valence electrons. The van der Waals surface area contributed by atoms with Crippen molar-refractivity contribution < 1.29 is 18.0 Å². The van der Waals surface area contributed by atoms with Crippen LogP contribution in [0.3, 0.4) is 0 Å². The highest BCUT2D eigenvalue weighted by molar-refractivity contribution is 6.30. The van der Waals surface area contributed by atoms with E-state index in [9.17, 15) is 18.0 Å². The highest BCUT2D eigenvalue weighted by Crippen LogP contribution is 2.36. The number of rotatable bonds is 5. The first-order valence-corrected chi connectivity index (χ1v) is 9.06. The van der Waals surface area contributed by atoms with E-state index in [0.717, 1.165) is 18.4 Å². The maximum absolute atomic E-state index is 13.2. The second-order valence-corrected chi connectivity index (χ2v) is 7.27. The lowest BCUT2D eigenvalue weighted by Gasteiger charge is -2.15. The molecule has 0 fully saturated rings. The molecule has 0 saturated heterocycles. The fourth-order valence-corrected chi connectivity index (χ4v) is 3.64. The van der Waals surface area contributed by atoms with E-state index in [1.807, 2.05) is 19.1 Å². The van der Waals surface area contributed by atoms with Crippen LogP contribution in [0.25, 0.3) is 0 Å². The molecule has 26 heavy (non-hydrogen) atoms. The number of carbonyl (C=O) groups is 1. The van der Waals surface area contributed by atoms with Crippen molar-refractivity contribution in [3.63, 3.8) is 0 Å². The zero-order valence-electron chi connectivity index (χ0n) is 14.4. The normalized spacial score (nSPS) is 15.6. The van der Waals surface area contributed by atoms with Crippen LogP contribution in [0.15, 0.2) is 24.3 Å². The quantitative estimate of drug-likeness (QED) is 0.710. The van der Waals surface area contributed by atoms with Crippen LogP contribution < -0.4 is 0 Å². The maximum Gasteiger partial charge on any atom is 0.435 e. The summed E-state index contributed by atoms with van der Waals surface area (Å²) in [5.41, 5.74) is 0.977. The Hall–Kier alpha value is -1.82. The zero-order valence-corrected chi connectivity index (χ0v) is 15.2. The van der Waals surface area contributed by atoms with Crippen molar-refractivity contribution >= 4 is 17.4 Å². The lowest BCUT2D eigenvalue weighted by molar-refractivity contribution is -0.142. The van der Waals surface area contributed by atoms with E-state index >= 15 is 0 Å². The highest BCUT2D eigenvalue weighted by atomic mass is 35.5. The number of carbonyl (C=O) groups excluding carboxylic acids is 1. The molecule has 0 saturated carbocycles. The summed E-state index contributed by atoms with van der Waals surface area (Å²) >= 11 is 5.87. The average Bonchev–Trinajstić information content (AvgIpc) is 2.94. The monoisotopic (exact) mass is 384 g/mol. The molecular formula is C19H20ClF3N2O. The first-order chi connectivity index (χ1) is 12.3. The van der Waals surface area contributed by atoms with E-state index in [-0.39, 0.29) is 30.2 Å². The zero-order chi connectivity index (χ0) is 18.9. The Labute approximate surface area is 155 Å². The van der Waals surface area contributed by atoms with Crippen LogP contribution in [0, 0.1) is 0 Å². The number of hydrogen-bond donors (Lipinski definition) is 0. The molecule has 0 spiro atoms. The molecule has 3 rings (SSSR count). The molecule has 1 aliphatic carbocycles. The van der Waals surface area contributed by atoms with Gasteiger partial charge in [-0.3, -0.25) is 9.48 Å². The summed E-state index contributed by atoms with van der Waals surface area (Å²) < 4.78 is 40.9. The summed E-state index contributed by atoms with van der Waals surface area (Å²) in [6.07, 6.45) is -1.77. The number of hydrogen-bond acceptors (Lipinski definition) is 2. The fraction of sp³-hybridized carbons (Fsp3) is 0.474. The van der Waals surface area contributed by atoms with E-state index in [2.05, 4.69) is 5.10 Å². The topological polar surface area (TPSA) is 34.9 Å². The SMILES string of the molecule is CC(CC(=O)Cn1nc(C(F)(F)F)c2c1CCCC2)c1ccc(Cl)cc1. The summed E-state index contributed by atoms with van der Waals surface area (Å²) in [6.45, 7) is 1.80. The van der Waals surface area contributed by atoms with E-state index in [0.29, 0.717) is 23.6 Å². The van der Waals surface area contributed by atoms with E-state index < -0.39 is 11.9 Å². The van der Waals surface area contributed by atoms with Gasteiger partial charge in [-0.2, -0.15) is 18.3 Å². The molecule has 7 heteroatoms. The van der Waals surface area contributed by atoms with Crippen LogP contribution in [0.2, 0.25) is 5.02 Å². The molecular weight excluding hydrogens is 365 g/mol. The van der Waals surface area contributed by atoms with Gasteiger partial charge in [0.15, 0.2) is 11.5 Å². The third-order valence-corrected chi connectivity index (χ3v) is 5.08. The summed E-state index contributed by atoms with van der Waals surface area (Å²) in [7, 11) is 0. The standard InChI is InChI=1S/C19H20ClF3N2O/c1-12(13-6-8-14(20)9-7-13)10-15(26)11-25-17-5-3-2-4-16(17)18(24-25)19(21,22)23/h6-9,12H,2-5,10-11H2,1H3. The average molecular weight is 385 g/mol. The lowest BCUT2D eigenvalue weighted by Crippen LogP contribution is -2.17. The van der Waals surface area contributed by atoms with Gasteiger partial charge in [0.1, 0.15) is 0 Å². The summed E-state index contributed by atoms with van der Waals surface area (Å²) in [5.74, 6) is -0.162. The molecule has 1 aromatic carbocycles. The largest absolute Gasteiger partial charge is 0.435 e. The minimum absolute atomic E-state index is 0.0340. The molecule has 2 aromatic rings. The summed E-state index contributed by atoms with van der Waals surface area (Å²) in [6, 6.07) is 7.24. The summed E-state index contributed by atoms with van der Waals surface area (Å²) in [4.78, 5) is 12.4. The van der Waals surface area contributed by atoms with Crippen LogP contribution >= 0.6 is 11.6 Å². The number of fused-ring (bicyclic) bond motifs is 1. The van der Waals surface area contributed by atoms with Crippen LogP contribution in [0.5, 0.6) is 0 Å². The predicted octanol–water partition coefficient (Wildman–Crippen LogP) is 5.20. The second kappa shape index (κ2) is 7.43. The molecule has 3 nitrogen and oxygen atoms in total. The van der Waals surface area contributed by atoms with Gasteiger partial charge in [0.05, 0.1) is 6.54 Å². The Morgan fingerprint density at radius 2 is 1.88 bits per heavy atom. The Balaban J connectivity index is 1.75. The second-order valence-electron chi connectivity index (χ2n) is 6.83. The van der Waals surface area contributed by atoms with Crippen molar-refractivity contribution in [3.8, 4) is 0 Å². The lowest BCUT2D eigenvalue weighted by atomic mass is 9.94. The third kappa shape index (κ3) is 4.11. The van der Waals surface area contributed by atoms with Crippen molar-refractivity contribution in [1.82, 2.24) is 9.78 Å². The first-order valence-electron chi connectivity index (χ1n) is 8.68. The highest BCUT2D eigenvalue weighted by Gasteiger charge is 2.39. The number of halogens is 4. The Morgan fingerprint density at radius 3 is 2.54 bits per heavy atom. The number of Topliss-reactive ketones (excluding diaryl/α,β-unsaturated/α-hetero) is 1. The van der Waals surface area contributed by atoms with Crippen LogP contribution in [0.1, 0.15) is 54.6 Å². The van der Waals surface area contributed by atoms with Gasteiger partial charge in [-0.05, 0) is 49.3 Å². The molecule has 0 radical (unpaired) electrons. The smallest absolute Gasteiger partial charge is 0.298 e. The van der Waals surface area contributed by atoms with Gasteiger partial charge in [-0.25, -0.2) is 0 Å². The van der Waals surface area contributed by atoms with Gasteiger partial charge in [-0.15, -0.1) is 0 Å². The molecule has 1 unspecified atom stereocenters. The Morgan fingerprint density at radius 1 is 1.23 bits per heavy atom. The molecule has 0 N–H and O–H groups in total. The third-order valence-electron chi connectivity index (χ3n) is 4.82. The fourth-order valence-electron chi connectivity index (χ4n) is 3.51. The minimum Gasteiger partial charge on any atom is -0.298 e. The van der Waals surface area contributed by atoms with Crippen molar-refractivity contribution in [2.75, 3.05) is 0 Å². The minimum atomic E-state index is -4.48. The van der Waals surface area contributed by atoms with E-state index in [1.54, 1.807) is 12.1 Å². The Bertz CT molecular complexity index is 796. The molecule has 0 amide bonds. The summed E-state index contributed by atoms with van der Waals surface area (Å²) in [5, 5.41) is 4.37. The van der Waals surface area contributed by atoms with Gasteiger partial charge in [-0.1, -0.05) is 30.7 Å². The van der Waals surface area contributed by atoms with Gasteiger partial charge < -0.3 is 0 Å². The van der Waals surface area contributed by atoms with Gasteiger partial charge in [0, 0.05) is 22.7 Å². The van der Waals surface area contributed by atoms with E-state index in [1.165, 1.54) is 4.68 Å². The molecule has 0 aliphatic heterocycles. The van der Waals surface area contributed by atoms with Crippen molar-refractivity contribution in [2.45, 2.75) is 57.7 Å². The molecule has 1 aromatic heterocycles. The van der Waals surface area contributed by atoms with Crippen LogP contribution in [0.4, 0.5) is 13.2 Å². The molecule has 1 heterocycles. The number of benzene rings is 1. The number of nitrogens with zero attached hydrogens (tertiary/aromatic N) is 2. The van der Waals surface area contributed by atoms with Crippen molar-refractivity contribution in [2.24, 2.45) is 0 Å². The first kappa shape index (κ1) is 19.0. The van der Waals surface area contributed by atoms with Crippen molar-refractivity contribution in [3.05, 3.63) is 51.8 Å². The van der Waals surface area contributed by atoms with Crippen LogP contribution in [-0.2, 0) is 30.4 Å². The predicted molar refractivity (Wildman–Crippen MR) is 93.4 cm³/mol. The van der Waals surface area contributed by atoms with Gasteiger partial charge >= 0.3 is 6.18 Å². The van der Waals surface area contributed by atoms with Crippen molar-refractivity contribution in [1.29, 1.82) is 0 Å². The number of ketones is 1. The van der Waals surface area contributed by atoms with E-state index in [4.69, 9.17) is 11.6 Å². The maximum atomic E-state index is 13.2. The van der Waals surface area contributed by atoms with Crippen LogP contribution in [-0.4, -0.2) is 15.6 Å². The number of aromatic nitrogens is 2. The number of alkyl halides is 3. The molecule has 1 aliphatic rings. The molecule has 1 atom stereocenters. The van der Waals surface area contributed by atoms with Gasteiger partial charge in [0.2, 0.25) is 0 Å². The molecule has 0 bridgehead atoms. The van der Waals surface area contributed by atoms with Gasteiger partial charge in [0.25, 0.3) is 0 Å².